The van der Waals surface area contributed by atoms with Crippen molar-refractivity contribution in [3.63, 3.8) is 0 Å². The maximum atomic E-state index is 13.5. The van der Waals surface area contributed by atoms with Gasteiger partial charge in [-0.15, -0.1) is 0 Å². The van der Waals surface area contributed by atoms with Gasteiger partial charge in [-0.1, -0.05) is 43.3 Å². The first-order valence-electron chi connectivity index (χ1n) is 8.52. The van der Waals surface area contributed by atoms with E-state index >= 15 is 0 Å². The second-order valence-electron chi connectivity index (χ2n) is 7.38. The van der Waals surface area contributed by atoms with E-state index in [4.69, 9.17) is 9.47 Å². The van der Waals surface area contributed by atoms with Crippen molar-refractivity contribution in [2.75, 3.05) is 14.2 Å². The number of benzene rings is 2. The van der Waals surface area contributed by atoms with E-state index in [2.05, 4.69) is 25.1 Å². The van der Waals surface area contributed by atoms with Crippen molar-refractivity contribution < 1.29 is 14.3 Å². The smallest absolute Gasteiger partial charge is 0.174 e. The topological polar surface area (TPSA) is 35.5 Å². The summed E-state index contributed by atoms with van der Waals surface area (Å²) >= 11 is 0. The second kappa shape index (κ2) is 4.41. The van der Waals surface area contributed by atoms with Gasteiger partial charge in [-0.2, -0.15) is 0 Å². The van der Waals surface area contributed by atoms with Gasteiger partial charge in [0, 0.05) is 27.7 Å². The Kier molecular flexibility index (Phi) is 2.59. The first-order chi connectivity index (χ1) is 11.6. The number of fused-ring (bicyclic) bond motifs is 8. The Morgan fingerprint density at radius 2 is 1.71 bits per heavy atom. The van der Waals surface area contributed by atoms with Gasteiger partial charge in [0.1, 0.15) is 11.5 Å². The van der Waals surface area contributed by atoms with Crippen LogP contribution in [0.4, 0.5) is 0 Å². The minimum Gasteiger partial charge on any atom is -0.496 e. The van der Waals surface area contributed by atoms with Crippen LogP contribution in [0.1, 0.15) is 35.2 Å². The molecule has 0 aromatic heterocycles. The van der Waals surface area contributed by atoms with Crippen LogP contribution in [0.5, 0.6) is 11.5 Å². The number of hydrogen-bond acceptors (Lipinski definition) is 3. The molecule has 4 atom stereocenters. The SMILES string of the molecule is COc1c2c(c(OC)c3ccccc13)C1[C@@H]3C=C[C@@H](C3)[C@]1(C)C2=O. The monoisotopic (exact) mass is 320 g/mol. The van der Waals surface area contributed by atoms with E-state index in [1.165, 1.54) is 0 Å². The molecule has 5 rings (SSSR count). The van der Waals surface area contributed by atoms with Gasteiger partial charge in [0.15, 0.2) is 5.78 Å². The summed E-state index contributed by atoms with van der Waals surface area (Å²) < 4.78 is 11.6. The average molecular weight is 320 g/mol. The summed E-state index contributed by atoms with van der Waals surface area (Å²) in [7, 11) is 3.36. The van der Waals surface area contributed by atoms with Gasteiger partial charge in [-0.25, -0.2) is 0 Å². The molecule has 0 radical (unpaired) electrons. The molecule has 3 aliphatic rings. The molecule has 2 bridgehead atoms. The van der Waals surface area contributed by atoms with Crippen molar-refractivity contribution in [3.8, 4) is 11.5 Å². The molecule has 2 aromatic carbocycles. The minimum absolute atomic E-state index is 0.198. The molecule has 0 spiro atoms. The summed E-state index contributed by atoms with van der Waals surface area (Å²) in [5.74, 6) is 2.73. The van der Waals surface area contributed by atoms with Crippen molar-refractivity contribution in [2.24, 2.45) is 17.3 Å². The molecule has 3 nitrogen and oxygen atoms in total. The van der Waals surface area contributed by atoms with E-state index < -0.39 is 0 Å². The van der Waals surface area contributed by atoms with Gasteiger partial charge in [0.05, 0.1) is 19.8 Å². The fraction of sp³-hybridized carbons (Fsp3) is 0.381. The number of hydrogen-bond donors (Lipinski definition) is 0. The number of carbonyl (C=O) groups is 1. The van der Waals surface area contributed by atoms with Crippen molar-refractivity contribution in [3.05, 3.63) is 47.5 Å². The van der Waals surface area contributed by atoms with Gasteiger partial charge in [0.2, 0.25) is 0 Å². The van der Waals surface area contributed by atoms with Crippen LogP contribution in [-0.2, 0) is 0 Å². The lowest BCUT2D eigenvalue weighted by Gasteiger charge is -2.31. The Morgan fingerprint density at radius 3 is 2.38 bits per heavy atom. The lowest BCUT2D eigenvalue weighted by molar-refractivity contribution is 0.0779. The largest absolute Gasteiger partial charge is 0.496 e. The normalized spacial score (nSPS) is 32.3. The Morgan fingerprint density at radius 1 is 1.04 bits per heavy atom. The zero-order valence-electron chi connectivity index (χ0n) is 14.1. The van der Waals surface area contributed by atoms with Crippen LogP contribution in [0.25, 0.3) is 10.8 Å². The van der Waals surface area contributed by atoms with Crippen LogP contribution in [0.15, 0.2) is 36.4 Å². The van der Waals surface area contributed by atoms with Crippen LogP contribution in [0, 0.1) is 17.3 Å². The molecule has 0 saturated heterocycles. The molecule has 1 unspecified atom stereocenters. The summed E-state index contributed by atoms with van der Waals surface area (Å²) in [6.07, 6.45) is 5.61. The van der Waals surface area contributed by atoms with Crippen LogP contribution >= 0.6 is 0 Å². The molecule has 24 heavy (non-hydrogen) atoms. The summed E-state index contributed by atoms with van der Waals surface area (Å²) in [6.45, 7) is 2.14. The van der Waals surface area contributed by atoms with Crippen molar-refractivity contribution in [2.45, 2.75) is 19.3 Å². The lowest BCUT2D eigenvalue weighted by atomic mass is 9.70. The molecule has 0 amide bonds. The average Bonchev–Trinajstić information content (AvgIpc) is 3.25. The van der Waals surface area contributed by atoms with E-state index in [0.717, 1.165) is 34.1 Å². The predicted octanol–water partition coefficient (Wildman–Crippen LogP) is 4.35. The molecule has 0 N–H and O–H groups in total. The van der Waals surface area contributed by atoms with Crippen LogP contribution < -0.4 is 9.47 Å². The third kappa shape index (κ3) is 1.34. The maximum Gasteiger partial charge on any atom is 0.174 e. The summed E-state index contributed by atoms with van der Waals surface area (Å²) in [5.41, 5.74) is 1.45. The van der Waals surface area contributed by atoms with Gasteiger partial charge in [0.25, 0.3) is 0 Å². The fourth-order valence-corrected chi connectivity index (χ4v) is 5.54. The molecule has 1 fully saturated rings. The van der Waals surface area contributed by atoms with Crippen LogP contribution in [-0.4, -0.2) is 20.0 Å². The Hall–Kier alpha value is -2.29. The zero-order chi connectivity index (χ0) is 16.6. The Balaban J connectivity index is 1.94. The Labute approximate surface area is 141 Å². The molecule has 0 heterocycles. The van der Waals surface area contributed by atoms with E-state index in [9.17, 15) is 4.79 Å². The Bertz CT molecular complexity index is 926. The van der Waals surface area contributed by atoms with Crippen molar-refractivity contribution >= 4 is 16.6 Å². The highest BCUT2D eigenvalue weighted by Gasteiger charge is 2.64. The molecular weight excluding hydrogens is 300 g/mol. The number of Topliss-reactive ketones (excluding diaryl/α,β-unsaturated/α-hetero) is 1. The number of ketones is 1. The third-order valence-electron chi connectivity index (χ3n) is 6.55. The van der Waals surface area contributed by atoms with Crippen LogP contribution in [0.2, 0.25) is 0 Å². The van der Waals surface area contributed by atoms with Gasteiger partial charge in [-0.05, 0) is 18.3 Å². The number of allylic oxidation sites excluding steroid dienone is 2. The van der Waals surface area contributed by atoms with Crippen LogP contribution in [0.3, 0.4) is 0 Å². The predicted molar refractivity (Wildman–Crippen MR) is 93.0 cm³/mol. The molecular formula is C21H20O3. The number of ether oxygens (including phenoxy) is 2. The molecule has 3 heteroatoms. The standard InChI is InChI=1S/C21H20O3/c1-21-12-9-8-11(10-12)17(21)15-16(20(21)22)19(24-3)14-7-5-4-6-13(14)18(15)23-2/h4-9,11-12,17H,10H2,1-3H3/t11-,12+,17?,21+/m1/s1. The fourth-order valence-electron chi connectivity index (χ4n) is 5.54. The molecule has 3 aliphatic carbocycles. The van der Waals surface area contributed by atoms with E-state index in [1.807, 2.05) is 18.2 Å². The lowest BCUT2D eigenvalue weighted by Crippen LogP contribution is -2.32. The van der Waals surface area contributed by atoms with E-state index in [-0.39, 0.29) is 17.1 Å². The molecule has 122 valence electrons. The first kappa shape index (κ1) is 14.1. The van der Waals surface area contributed by atoms with E-state index in [1.54, 1.807) is 14.2 Å². The number of methoxy groups -OCH3 is 2. The number of rotatable bonds is 2. The highest BCUT2D eigenvalue weighted by atomic mass is 16.5. The highest BCUT2D eigenvalue weighted by molar-refractivity contribution is 6.15. The zero-order valence-corrected chi connectivity index (χ0v) is 14.1. The summed E-state index contributed by atoms with van der Waals surface area (Å²) in [5, 5.41) is 1.98. The first-order valence-corrected chi connectivity index (χ1v) is 8.52. The van der Waals surface area contributed by atoms with E-state index in [0.29, 0.717) is 17.6 Å². The van der Waals surface area contributed by atoms with Crippen molar-refractivity contribution in [1.82, 2.24) is 0 Å². The quantitative estimate of drug-likeness (QED) is 0.772. The van der Waals surface area contributed by atoms with Gasteiger partial charge in [-0.3, -0.25) is 4.79 Å². The maximum absolute atomic E-state index is 13.5. The third-order valence-corrected chi connectivity index (χ3v) is 6.55. The molecule has 1 saturated carbocycles. The van der Waals surface area contributed by atoms with Gasteiger partial charge < -0.3 is 9.47 Å². The second-order valence-corrected chi connectivity index (χ2v) is 7.38. The minimum atomic E-state index is -0.361. The number of carbonyl (C=O) groups excluding carboxylic acids is 1. The molecule has 0 aliphatic heterocycles. The highest BCUT2D eigenvalue weighted by Crippen LogP contribution is 2.68. The molecule has 2 aromatic rings. The summed E-state index contributed by atoms with van der Waals surface area (Å²) in [4.78, 5) is 13.5. The summed E-state index contributed by atoms with van der Waals surface area (Å²) in [6, 6.07) is 8.05. The van der Waals surface area contributed by atoms with Gasteiger partial charge >= 0.3 is 0 Å². The van der Waals surface area contributed by atoms with Crippen molar-refractivity contribution in [1.29, 1.82) is 0 Å².